The van der Waals surface area contributed by atoms with E-state index in [9.17, 15) is 5.11 Å². The molecule has 4 nitrogen and oxygen atoms in total. The van der Waals surface area contributed by atoms with Crippen molar-refractivity contribution < 1.29 is 5.11 Å². The molecule has 0 aliphatic carbocycles. The molecule has 25 heavy (non-hydrogen) atoms. The molecule has 2 aromatic rings. The molecule has 2 atom stereocenters. The molecular formula is C21H29N3O. The van der Waals surface area contributed by atoms with Crippen LogP contribution in [0.15, 0.2) is 48.8 Å². The monoisotopic (exact) mass is 339 g/mol. The van der Waals surface area contributed by atoms with Crippen LogP contribution in [0.4, 0.5) is 0 Å². The zero-order chi connectivity index (χ0) is 17.6. The summed E-state index contributed by atoms with van der Waals surface area (Å²) in [5.41, 5.74) is 2.35. The lowest BCUT2D eigenvalue weighted by atomic mass is 9.97. The van der Waals surface area contributed by atoms with Gasteiger partial charge in [0, 0.05) is 49.2 Å². The standard InChI is InChI=1S/C21H29N3O/c1-3-20(19-6-4-5-7-21(19)25)23-18-10-14-24(15-11-18)16(2)17-8-12-22-13-9-17/h4-9,12-13,16,18,20,23,25H,3,10-11,14-15H2,1-2H3/t16-,20-/m1/s1. The fourth-order valence-corrected chi connectivity index (χ4v) is 3.80. The summed E-state index contributed by atoms with van der Waals surface area (Å²) in [7, 11) is 0. The van der Waals surface area contributed by atoms with E-state index in [1.807, 2.05) is 30.6 Å². The van der Waals surface area contributed by atoms with E-state index >= 15 is 0 Å². The zero-order valence-corrected chi connectivity index (χ0v) is 15.2. The minimum absolute atomic E-state index is 0.218. The SMILES string of the molecule is CC[C@@H](NC1CCN([C@H](C)c2ccncc2)CC1)c1ccccc1O. The van der Waals surface area contributed by atoms with Crippen molar-refractivity contribution in [2.24, 2.45) is 0 Å². The number of nitrogens with one attached hydrogen (secondary N) is 1. The van der Waals surface area contributed by atoms with Gasteiger partial charge in [0.25, 0.3) is 0 Å². The number of aromatic nitrogens is 1. The molecule has 2 heterocycles. The van der Waals surface area contributed by atoms with Gasteiger partial charge in [-0.3, -0.25) is 9.88 Å². The summed E-state index contributed by atoms with van der Waals surface area (Å²) in [5, 5.41) is 13.9. The fraction of sp³-hybridized carbons (Fsp3) is 0.476. The molecule has 1 aromatic heterocycles. The lowest BCUT2D eigenvalue weighted by Gasteiger charge is -2.38. The minimum atomic E-state index is 0.218. The van der Waals surface area contributed by atoms with Gasteiger partial charge in [-0.1, -0.05) is 25.1 Å². The summed E-state index contributed by atoms with van der Waals surface area (Å²) in [6.07, 6.45) is 7.00. The topological polar surface area (TPSA) is 48.4 Å². The van der Waals surface area contributed by atoms with Gasteiger partial charge in [0.2, 0.25) is 0 Å². The van der Waals surface area contributed by atoms with Crippen LogP contribution in [0.2, 0.25) is 0 Å². The molecule has 0 spiro atoms. The molecule has 134 valence electrons. The molecule has 0 saturated carbocycles. The average Bonchev–Trinajstić information content (AvgIpc) is 2.67. The van der Waals surface area contributed by atoms with E-state index < -0.39 is 0 Å². The molecule has 3 rings (SSSR count). The van der Waals surface area contributed by atoms with E-state index in [-0.39, 0.29) is 6.04 Å². The number of phenolic OH excluding ortho intramolecular Hbond substituents is 1. The van der Waals surface area contributed by atoms with Crippen molar-refractivity contribution in [3.8, 4) is 5.75 Å². The fourth-order valence-electron chi connectivity index (χ4n) is 3.80. The van der Waals surface area contributed by atoms with E-state index in [1.54, 1.807) is 6.07 Å². The van der Waals surface area contributed by atoms with Gasteiger partial charge in [0.15, 0.2) is 0 Å². The third-order valence-electron chi connectivity index (χ3n) is 5.42. The highest BCUT2D eigenvalue weighted by atomic mass is 16.3. The van der Waals surface area contributed by atoms with Crippen LogP contribution in [0.25, 0.3) is 0 Å². The normalized spacial score (nSPS) is 18.8. The third-order valence-corrected chi connectivity index (χ3v) is 5.42. The predicted octanol–water partition coefficient (Wildman–Crippen LogP) is 4.05. The first-order valence-electron chi connectivity index (χ1n) is 9.37. The molecular weight excluding hydrogens is 310 g/mol. The van der Waals surface area contributed by atoms with E-state index in [2.05, 4.69) is 41.2 Å². The summed E-state index contributed by atoms with van der Waals surface area (Å²) < 4.78 is 0. The maximum atomic E-state index is 10.1. The van der Waals surface area contributed by atoms with Crippen LogP contribution in [-0.2, 0) is 0 Å². The van der Waals surface area contributed by atoms with Crippen molar-refractivity contribution >= 4 is 0 Å². The summed E-state index contributed by atoms with van der Waals surface area (Å²) in [4.78, 5) is 6.66. The van der Waals surface area contributed by atoms with Crippen molar-refractivity contribution in [1.29, 1.82) is 0 Å². The Balaban J connectivity index is 1.56. The smallest absolute Gasteiger partial charge is 0.120 e. The highest BCUT2D eigenvalue weighted by Gasteiger charge is 2.25. The van der Waals surface area contributed by atoms with Gasteiger partial charge >= 0.3 is 0 Å². The number of phenols is 1. The van der Waals surface area contributed by atoms with Gasteiger partial charge in [0.05, 0.1) is 0 Å². The van der Waals surface area contributed by atoms with E-state index in [0.29, 0.717) is 17.8 Å². The van der Waals surface area contributed by atoms with Crippen LogP contribution in [0.3, 0.4) is 0 Å². The van der Waals surface area contributed by atoms with E-state index in [1.165, 1.54) is 5.56 Å². The summed E-state index contributed by atoms with van der Waals surface area (Å²) in [6.45, 7) is 6.64. The Morgan fingerprint density at radius 1 is 1.16 bits per heavy atom. The van der Waals surface area contributed by atoms with Gasteiger partial charge in [0.1, 0.15) is 5.75 Å². The number of aromatic hydroxyl groups is 1. The lowest BCUT2D eigenvalue weighted by molar-refractivity contribution is 0.147. The molecule has 1 fully saturated rings. The molecule has 1 aliphatic rings. The number of hydrogen-bond donors (Lipinski definition) is 2. The molecule has 1 aliphatic heterocycles. The number of piperidine rings is 1. The molecule has 0 radical (unpaired) electrons. The van der Waals surface area contributed by atoms with Crippen molar-refractivity contribution in [3.05, 3.63) is 59.9 Å². The second-order valence-electron chi connectivity index (χ2n) is 6.95. The van der Waals surface area contributed by atoms with E-state index in [4.69, 9.17) is 0 Å². The van der Waals surface area contributed by atoms with Crippen LogP contribution in [0.5, 0.6) is 5.75 Å². The molecule has 4 heteroatoms. The van der Waals surface area contributed by atoms with Gasteiger partial charge in [-0.25, -0.2) is 0 Å². The molecule has 1 aromatic carbocycles. The van der Waals surface area contributed by atoms with Crippen molar-refractivity contribution in [2.45, 2.75) is 51.2 Å². The van der Waals surface area contributed by atoms with Gasteiger partial charge in [-0.15, -0.1) is 0 Å². The quantitative estimate of drug-likeness (QED) is 0.833. The molecule has 0 bridgehead atoms. The van der Waals surface area contributed by atoms with Crippen LogP contribution in [0.1, 0.15) is 56.3 Å². The molecule has 2 N–H and O–H groups in total. The van der Waals surface area contributed by atoms with Crippen molar-refractivity contribution in [2.75, 3.05) is 13.1 Å². The Labute approximate surface area is 150 Å². The Morgan fingerprint density at radius 2 is 1.84 bits per heavy atom. The average molecular weight is 339 g/mol. The maximum absolute atomic E-state index is 10.1. The van der Waals surface area contributed by atoms with Crippen LogP contribution in [-0.4, -0.2) is 34.1 Å². The second-order valence-corrected chi connectivity index (χ2v) is 6.95. The Kier molecular flexibility index (Phi) is 6.05. The van der Waals surface area contributed by atoms with E-state index in [0.717, 1.165) is 37.9 Å². The van der Waals surface area contributed by atoms with Crippen molar-refractivity contribution in [1.82, 2.24) is 15.2 Å². The van der Waals surface area contributed by atoms with Gasteiger partial charge in [-0.2, -0.15) is 0 Å². The summed E-state index contributed by atoms with van der Waals surface area (Å²) in [5.74, 6) is 0.394. The van der Waals surface area contributed by atoms with Gasteiger partial charge in [-0.05, 0) is 49.9 Å². The number of hydrogen-bond acceptors (Lipinski definition) is 4. The van der Waals surface area contributed by atoms with Crippen LogP contribution < -0.4 is 5.32 Å². The molecule has 0 amide bonds. The molecule has 0 unspecified atom stereocenters. The van der Waals surface area contributed by atoms with Crippen LogP contribution >= 0.6 is 0 Å². The highest BCUT2D eigenvalue weighted by Crippen LogP contribution is 2.29. The third kappa shape index (κ3) is 4.39. The van der Waals surface area contributed by atoms with Crippen LogP contribution in [0, 0.1) is 0 Å². The second kappa shape index (κ2) is 8.45. The predicted molar refractivity (Wildman–Crippen MR) is 102 cm³/mol. The number of nitrogens with zero attached hydrogens (tertiary/aromatic N) is 2. The largest absolute Gasteiger partial charge is 0.508 e. The number of benzene rings is 1. The minimum Gasteiger partial charge on any atom is -0.508 e. The Morgan fingerprint density at radius 3 is 2.48 bits per heavy atom. The number of likely N-dealkylation sites (tertiary alicyclic amines) is 1. The van der Waals surface area contributed by atoms with Crippen molar-refractivity contribution in [3.63, 3.8) is 0 Å². The Bertz CT molecular complexity index is 653. The van der Waals surface area contributed by atoms with Gasteiger partial charge < -0.3 is 10.4 Å². The number of pyridine rings is 1. The highest BCUT2D eigenvalue weighted by molar-refractivity contribution is 5.34. The first kappa shape index (κ1) is 17.9. The first-order chi connectivity index (χ1) is 12.2. The zero-order valence-electron chi connectivity index (χ0n) is 15.2. The number of para-hydroxylation sites is 1. The Hall–Kier alpha value is -1.91. The maximum Gasteiger partial charge on any atom is 0.120 e. The number of rotatable bonds is 6. The molecule has 1 saturated heterocycles. The summed E-state index contributed by atoms with van der Waals surface area (Å²) >= 11 is 0. The lowest BCUT2D eigenvalue weighted by Crippen LogP contribution is -2.44. The first-order valence-corrected chi connectivity index (χ1v) is 9.37. The summed E-state index contributed by atoms with van der Waals surface area (Å²) in [6, 6.07) is 13.1.